The molecule has 0 aliphatic carbocycles. The highest BCUT2D eigenvalue weighted by atomic mass is 16.5. The van der Waals surface area contributed by atoms with Gasteiger partial charge in [-0.05, 0) is 43.4 Å². The van der Waals surface area contributed by atoms with Crippen LogP contribution in [0.2, 0.25) is 0 Å². The van der Waals surface area contributed by atoms with E-state index in [4.69, 9.17) is 9.72 Å². The van der Waals surface area contributed by atoms with Crippen LogP contribution in [-0.4, -0.2) is 46.2 Å². The summed E-state index contributed by atoms with van der Waals surface area (Å²) in [6.07, 6.45) is 2.00. The van der Waals surface area contributed by atoms with Gasteiger partial charge in [0.1, 0.15) is 17.4 Å². The third-order valence-electron chi connectivity index (χ3n) is 5.79. The Balaban J connectivity index is 1.86. The summed E-state index contributed by atoms with van der Waals surface area (Å²) in [5.74, 6) is 1.57. The molecular formula is C23H27N3O3. The quantitative estimate of drug-likeness (QED) is 0.739. The van der Waals surface area contributed by atoms with Crippen molar-refractivity contribution in [1.82, 2.24) is 14.5 Å². The molecule has 0 fully saturated rings. The van der Waals surface area contributed by atoms with Crippen molar-refractivity contribution in [3.05, 3.63) is 58.4 Å². The first kappa shape index (κ1) is 19.5. The second kappa shape index (κ2) is 7.52. The monoisotopic (exact) mass is 393 g/mol. The van der Waals surface area contributed by atoms with Crippen molar-refractivity contribution in [3.63, 3.8) is 0 Å². The van der Waals surface area contributed by atoms with E-state index in [-0.39, 0.29) is 18.6 Å². The zero-order valence-electron chi connectivity index (χ0n) is 17.4. The lowest BCUT2D eigenvalue weighted by Crippen LogP contribution is -2.25. The Morgan fingerprint density at radius 3 is 2.83 bits per heavy atom. The number of fused-ring (bicyclic) bond motifs is 3. The molecule has 1 aliphatic rings. The van der Waals surface area contributed by atoms with E-state index in [1.54, 1.807) is 19.0 Å². The maximum atomic E-state index is 12.9. The van der Waals surface area contributed by atoms with Gasteiger partial charge in [0.2, 0.25) is 0 Å². The number of hydrogen-bond acceptors (Lipinski definition) is 4. The van der Waals surface area contributed by atoms with Crippen molar-refractivity contribution < 1.29 is 14.6 Å². The summed E-state index contributed by atoms with van der Waals surface area (Å²) >= 11 is 0. The molecule has 1 aromatic heterocycles. The van der Waals surface area contributed by atoms with Gasteiger partial charge in [-0.2, -0.15) is 0 Å². The fourth-order valence-corrected chi connectivity index (χ4v) is 4.15. The van der Waals surface area contributed by atoms with Crippen LogP contribution in [0.4, 0.5) is 0 Å². The van der Waals surface area contributed by atoms with Crippen LogP contribution >= 0.6 is 0 Å². The molecule has 6 nitrogen and oxygen atoms in total. The average molecular weight is 393 g/mol. The van der Waals surface area contributed by atoms with Crippen molar-refractivity contribution in [2.24, 2.45) is 7.05 Å². The fourth-order valence-electron chi connectivity index (χ4n) is 4.15. The van der Waals surface area contributed by atoms with E-state index in [0.717, 1.165) is 46.4 Å². The molecule has 1 aliphatic heterocycles. The Morgan fingerprint density at radius 1 is 1.34 bits per heavy atom. The van der Waals surface area contributed by atoms with Gasteiger partial charge in [-0.15, -0.1) is 0 Å². The van der Waals surface area contributed by atoms with E-state index in [2.05, 4.69) is 6.07 Å². The number of rotatable bonds is 4. The van der Waals surface area contributed by atoms with Crippen LogP contribution in [0.15, 0.2) is 30.3 Å². The first-order valence-electron chi connectivity index (χ1n) is 9.98. The van der Waals surface area contributed by atoms with Crippen LogP contribution in [-0.2, 0) is 19.9 Å². The molecule has 0 saturated heterocycles. The Hall–Kier alpha value is -2.86. The number of benzene rings is 2. The number of nitrogens with zero attached hydrogens (tertiary/aromatic N) is 3. The summed E-state index contributed by atoms with van der Waals surface area (Å²) in [7, 11) is 5.49. The zero-order chi connectivity index (χ0) is 20.7. The highest BCUT2D eigenvalue weighted by Crippen LogP contribution is 2.42. The number of amides is 1. The largest absolute Gasteiger partial charge is 0.483 e. The van der Waals surface area contributed by atoms with Crippen molar-refractivity contribution in [2.75, 3.05) is 20.7 Å². The van der Waals surface area contributed by atoms with Gasteiger partial charge in [0.25, 0.3) is 5.91 Å². The molecule has 0 unspecified atom stereocenters. The highest BCUT2D eigenvalue weighted by molar-refractivity contribution is 6.01. The third-order valence-corrected chi connectivity index (χ3v) is 5.79. The molecule has 29 heavy (non-hydrogen) atoms. The van der Waals surface area contributed by atoms with Crippen LogP contribution in [0, 0.1) is 6.92 Å². The number of aliphatic hydroxyl groups is 1. The Kier molecular flexibility index (Phi) is 5.04. The van der Waals surface area contributed by atoms with Crippen LogP contribution in [0.5, 0.6) is 5.75 Å². The molecule has 152 valence electrons. The van der Waals surface area contributed by atoms with E-state index in [1.807, 2.05) is 42.8 Å². The molecule has 0 spiro atoms. The maximum absolute atomic E-state index is 12.9. The van der Waals surface area contributed by atoms with E-state index in [0.29, 0.717) is 17.7 Å². The first-order chi connectivity index (χ1) is 13.9. The van der Waals surface area contributed by atoms with Crippen LogP contribution < -0.4 is 4.74 Å². The standard InChI is InChI=1S/C23H27N3O3/c1-14-24-21-19(26(14)4)13-18(23(28)25(2)3)17-9-10-20(29-22(17)21)16-8-6-5-7-15(16)11-12-27/h5-8,13,20,27H,9-12H2,1-4H3/t20-/m0/s1. The lowest BCUT2D eigenvalue weighted by molar-refractivity contribution is 0.0823. The molecule has 6 heteroatoms. The fraction of sp³-hybridized carbons (Fsp3) is 0.391. The molecule has 1 atom stereocenters. The van der Waals surface area contributed by atoms with Crippen LogP contribution in [0.25, 0.3) is 11.0 Å². The lowest BCUT2D eigenvalue weighted by Gasteiger charge is -2.29. The van der Waals surface area contributed by atoms with Gasteiger partial charge >= 0.3 is 0 Å². The van der Waals surface area contributed by atoms with Crippen molar-refractivity contribution in [1.29, 1.82) is 0 Å². The lowest BCUT2D eigenvalue weighted by atomic mass is 9.90. The average Bonchev–Trinajstić information content (AvgIpc) is 3.01. The van der Waals surface area contributed by atoms with Crippen molar-refractivity contribution in [2.45, 2.75) is 32.3 Å². The minimum atomic E-state index is -0.125. The van der Waals surface area contributed by atoms with E-state index in [9.17, 15) is 9.90 Å². The zero-order valence-corrected chi connectivity index (χ0v) is 17.4. The summed E-state index contributed by atoms with van der Waals surface area (Å²) in [5.41, 5.74) is 5.51. The van der Waals surface area contributed by atoms with Gasteiger partial charge < -0.3 is 19.3 Å². The number of aromatic nitrogens is 2. The number of imidazole rings is 1. The normalized spacial score (nSPS) is 15.8. The molecule has 0 saturated carbocycles. The van der Waals surface area contributed by atoms with E-state index >= 15 is 0 Å². The smallest absolute Gasteiger partial charge is 0.253 e. The molecule has 2 heterocycles. The third kappa shape index (κ3) is 3.27. The number of carbonyl (C=O) groups excluding carboxylic acids is 1. The first-order valence-corrected chi connectivity index (χ1v) is 9.98. The predicted molar refractivity (Wildman–Crippen MR) is 112 cm³/mol. The minimum absolute atomic E-state index is 0.0234. The number of hydrogen-bond donors (Lipinski definition) is 1. The van der Waals surface area contributed by atoms with Gasteiger partial charge in [0.15, 0.2) is 5.75 Å². The Morgan fingerprint density at radius 2 is 2.10 bits per heavy atom. The number of ether oxygens (including phenoxy) is 1. The summed E-state index contributed by atoms with van der Waals surface area (Å²) in [6, 6.07) is 10.0. The summed E-state index contributed by atoms with van der Waals surface area (Å²) < 4.78 is 8.52. The van der Waals surface area contributed by atoms with Crippen molar-refractivity contribution in [3.8, 4) is 5.75 Å². The molecule has 3 aromatic rings. The van der Waals surface area contributed by atoms with Gasteiger partial charge in [-0.3, -0.25) is 4.79 Å². The van der Waals surface area contributed by atoms with Crippen molar-refractivity contribution >= 4 is 16.9 Å². The second-order valence-electron chi connectivity index (χ2n) is 7.83. The van der Waals surface area contributed by atoms with Crippen LogP contribution in [0.1, 0.15) is 45.4 Å². The molecule has 0 radical (unpaired) electrons. The number of aliphatic hydroxyl groups excluding tert-OH is 1. The summed E-state index contributed by atoms with van der Waals surface area (Å²) in [4.78, 5) is 19.2. The summed E-state index contributed by atoms with van der Waals surface area (Å²) in [6.45, 7) is 2.06. The van der Waals surface area contributed by atoms with Gasteiger partial charge in [0, 0.05) is 38.9 Å². The van der Waals surface area contributed by atoms with Crippen LogP contribution in [0.3, 0.4) is 0 Å². The number of aryl methyl sites for hydroxylation is 2. The highest BCUT2D eigenvalue weighted by Gasteiger charge is 2.30. The molecular weight excluding hydrogens is 366 g/mol. The molecule has 1 amide bonds. The molecule has 2 aromatic carbocycles. The number of carbonyl (C=O) groups is 1. The van der Waals surface area contributed by atoms with Gasteiger partial charge in [0.05, 0.1) is 5.52 Å². The van der Waals surface area contributed by atoms with E-state index in [1.165, 1.54) is 0 Å². The summed E-state index contributed by atoms with van der Waals surface area (Å²) in [5, 5.41) is 9.43. The minimum Gasteiger partial charge on any atom is -0.483 e. The topological polar surface area (TPSA) is 67.6 Å². The molecule has 4 rings (SSSR count). The van der Waals surface area contributed by atoms with Gasteiger partial charge in [-0.1, -0.05) is 24.3 Å². The SMILES string of the molecule is Cc1nc2c3c(c(C(=O)N(C)C)cc2n1C)CC[C@@H](c1ccccc1CCO)O3. The molecule has 1 N–H and O–H groups in total. The Bertz CT molecular complexity index is 1080. The second-order valence-corrected chi connectivity index (χ2v) is 7.83. The molecule has 0 bridgehead atoms. The maximum Gasteiger partial charge on any atom is 0.253 e. The predicted octanol–water partition coefficient (Wildman–Crippen LogP) is 3.18. The van der Waals surface area contributed by atoms with Gasteiger partial charge in [-0.25, -0.2) is 4.98 Å². The Labute approximate surface area is 170 Å². The van der Waals surface area contributed by atoms with E-state index < -0.39 is 0 Å².